The van der Waals surface area contributed by atoms with Gasteiger partial charge < -0.3 is 57.3 Å². The molecule has 0 spiro atoms. The molecule has 0 N–H and O–H groups in total. The SMILES string of the molecule is C[n+]1ccc(/C=N/OCC[N+]2(C)CCCCCC2)cc1.[I-].[I-]. The van der Waals surface area contributed by atoms with Gasteiger partial charge in [0, 0.05) is 17.7 Å². The standard InChI is InChI=1S/C16H27N3O.2HI/c1-18-9-7-16(8-10-18)15-17-20-14-13-19(2)11-5-3-4-6-12-19;;/h7-10,15H,3-6,11-14H2,1-2H3;2*1H/q+2;;/p-2/b17-15+;;. The quantitative estimate of drug-likeness (QED) is 0.0949. The highest BCUT2D eigenvalue weighted by molar-refractivity contribution is 5.78. The fourth-order valence-electron chi connectivity index (χ4n) is 2.69. The molecular formula is C16H27I2N3O. The van der Waals surface area contributed by atoms with Gasteiger partial charge in [0.15, 0.2) is 19.0 Å². The lowest BCUT2D eigenvalue weighted by atomic mass is 10.2. The maximum absolute atomic E-state index is 5.42. The lowest BCUT2D eigenvalue weighted by molar-refractivity contribution is -0.909. The van der Waals surface area contributed by atoms with Crippen molar-refractivity contribution in [1.82, 2.24) is 0 Å². The summed E-state index contributed by atoms with van der Waals surface area (Å²) in [5, 5.41) is 4.07. The average molecular weight is 531 g/mol. The van der Waals surface area contributed by atoms with Crippen molar-refractivity contribution in [2.24, 2.45) is 12.2 Å². The molecule has 2 heterocycles. The number of likely N-dealkylation sites (tertiary alicyclic amines) is 1. The van der Waals surface area contributed by atoms with Crippen molar-refractivity contribution in [2.45, 2.75) is 25.7 Å². The molecule has 0 aliphatic carbocycles. The van der Waals surface area contributed by atoms with Crippen LogP contribution >= 0.6 is 0 Å². The first-order valence-corrected chi connectivity index (χ1v) is 7.62. The predicted molar refractivity (Wildman–Crippen MR) is 80.4 cm³/mol. The third-order valence-corrected chi connectivity index (χ3v) is 4.15. The van der Waals surface area contributed by atoms with E-state index in [1.165, 1.54) is 38.8 Å². The van der Waals surface area contributed by atoms with Crippen LogP contribution in [0.4, 0.5) is 0 Å². The summed E-state index contributed by atoms with van der Waals surface area (Å²) in [5.41, 5.74) is 1.07. The van der Waals surface area contributed by atoms with Crippen LogP contribution in [-0.4, -0.2) is 44.0 Å². The molecule has 0 bridgehead atoms. The second-order valence-electron chi connectivity index (χ2n) is 6.07. The Bertz CT molecular complexity index is 430. The van der Waals surface area contributed by atoms with E-state index in [1.807, 2.05) is 36.1 Å². The number of nitrogens with zero attached hydrogens (tertiary/aromatic N) is 3. The minimum absolute atomic E-state index is 0. The van der Waals surface area contributed by atoms with Gasteiger partial charge in [0.25, 0.3) is 0 Å². The molecule has 1 fully saturated rings. The second-order valence-corrected chi connectivity index (χ2v) is 6.07. The van der Waals surface area contributed by atoms with E-state index < -0.39 is 0 Å². The Balaban J connectivity index is 0.00000220. The lowest BCUT2D eigenvalue weighted by Gasteiger charge is -2.32. The Morgan fingerprint density at radius 1 is 1.14 bits per heavy atom. The highest BCUT2D eigenvalue weighted by atomic mass is 127. The van der Waals surface area contributed by atoms with Crippen molar-refractivity contribution in [3.63, 3.8) is 0 Å². The van der Waals surface area contributed by atoms with E-state index >= 15 is 0 Å². The summed E-state index contributed by atoms with van der Waals surface area (Å²) < 4.78 is 3.14. The summed E-state index contributed by atoms with van der Waals surface area (Å²) in [6.45, 7) is 4.32. The maximum atomic E-state index is 5.42. The molecule has 0 atom stereocenters. The number of halogens is 2. The number of pyridine rings is 1. The zero-order valence-electron chi connectivity index (χ0n) is 13.5. The molecule has 0 unspecified atom stereocenters. The van der Waals surface area contributed by atoms with Crippen molar-refractivity contribution >= 4 is 6.21 Å². The highest BCUT2D eigenvalue weighted by Gasteiger charge is 2.22. The Morgan fingerprint density at radius 3 is 2.32 bits per heavy atom. The van der Waals surface area contributed by atoms with E-state index in [0.717, 1.165) is 16.6 Å². The molecule has 1 saturated heterocycles. The van der Waals surface area contributed by atoms with Gasteiger partial charge in [-0.2, -0.15) is 0 Å². The average Bonchev–Trinajstić information content (AvgIpc) is 2.66. The molecule has 6 heteroatoms. The van der Waals surface area contributed by atoms with Crippen LogP contribution in [0.2, 0.25) is 0 Å². The number of quaternary nitrogens is 1. The molecule has 1 aliphatic heterocycles. The zero-order valence-corrected chi connectivity index (χ0v) is 17.9. The van der Waals surface area contributed by atoms with Gasteiger partial charge >= 0.3 is 0 Å². The lowest BCUT2D eigenvalue weighted by Crippen LogP contribution is -3.00. The fraction of sp³-hybridized carbons (Fsp3) is 0.625. The van der Waals surface area contributed by atoms with Gasteiger partial charge in [-0.3, -0.25) is 0 Å². The molecule has 1 aromatic rings. The largest absolute Gasteiger partial charge is 1.00 e. The fourth-order valence-corrected chi connectivity index (χ4v) is 2.69. The summed E-state index contributed by atoms with van der Waals surface area (Å²) in [7, 11) is 4.35. The third kappa shape index (κ3) is 8.05. The molecule has 22 heavy (non-hydrogen) atoms. The number of aryl methyl sites for hydroxylation is 1. The topological polar surface area (TPSA) is 25.5 Å². The number of likely N-dealkylation sites (N-methyl/N-ethyl adjacent to an activating group) is 1. The minimum atomic E-state index is 0. The third-order valence-electron chi connectivity index (χ3n) is 4.15. The smallest absolute Gasteiger partial charge is 0.169 e. The number of aromatic nitrogens is 1. The van der Waals surface area contributed by atoms with Crippen LogP contribution in [-0.2, 0) is 11.9 Å². The number of hydrogen-bond donors (Lipinski definition) is 0. The van der Waals surface area contributed by atoms with Gasteiger partial charge in [0.1, 0.15) is 13.6 Å². The monoisotopic (exact) mass is 531 g/mol. The molecule has 0 amide bonds. The molecule has 1 aliphatic rings. The Hall–Kier alpha value is 0.0400. The van der Waals surface area contributed by atoms with Crippen LogP contribution in [0.3, 0.4) is 0 Å². The van der Waals surface area contributed by atoms with Gasteiger partial charge in [-0.15, -0.1) is 0 Å². The van der Waals surface area contributed by atoms with Crippen molar-refractivity contribution in [1.29, 1.82) is 0 Å². The zero-order chi connectivity index (χ0) is 14.3. The van der Waals surface area contributed by atoms with Gasteiger partial charge in [-0.1, -0.05) is 5.16 Å². The van der Waals surface area contributed by atoms with Crippen LogP contribution in [0, 0.1) is 0 Å². The molecule has 0 saturated carbocycles. The summed E-state index contributed by atoms with van der Waals surface area (Å²) in [5.74, 6) is 0. The van der Waals surface area contributed by atoms with Gasteiger partial charge in [0.05, 0.1) is 26.4 Å². The summed E-state index contributed by atoms with van der Waals surface area (Å²) in [4.78, 5) is 5.42. The first-order chi connectivity index (χ1) is 9.68. The van der Waals surface area contributed by atoms with Crippen molar-refractivity contribution in [3.8, 4) is 0 Å². The Morgan fingerprint density at radius 2 is 1.73 bits per heavy atom. The van der Waals surface area contributed by atoms with Gasteiger partial charge in [0.2, 0.25) is 0 Å². The minimum Gasteiger partial charge on any atom is -1.00 e. The van der Waals surface area contributed by atoms with Crippen molar-refractivity contribution in [2.75, 3.05) is 33.3 Å². The highest BCUT2D eigenvalue weighted by Crippen LogP contribution is 2.15. The van der Waals surface area contributed by atoms with E-state index in [9.17, 15) is 0 Å². The summed E-state index contributed by atoms with van der Waals surface area (Å²) in [6, 6.07) is 4.05. The van der Waals surface area contributed by atoms with Gasteiger partial charge in [-0.25, -0.2) is 4.57 Å². The molecule has 0 aromatic carbocycles. The van der Waals surface area contributed by atoms with E-state index in [0.29, 0.717) is 6.61 Å². The number of rotatable bonds is 5. The molecular weight excluding hydrogens is 504 g/mol. The van der Waals surface area contributed by atoms with E-state index in [4.69, 9.17) is 4.84 Å². The second kappa shape index (κ2) is 11.6. The van der Waals surface area contributed by atoms with E-state index in [-0.39, 0.29) is 48.0 Å². The van der Waals surface area contributed by atoms with Gasteiger partial charge in [-0.05, 0) is 25.7 Å². The molecule has 1 aromatic heterocycles. The van der Waals surface area contributed by atoms with E-state index in [1.54, 1.807) is 6.21 Å². The molecule has 0 radical (unpaired) electrons. The van der Waals surface area contributed by atoms with Crippen LogP contribution in [0.25, 0.3) is 0 Å². The maximum Gasteiger partial charge on any atom is 0.169 e. The number of oxime groups is 1. The number of hydrogen-bond acceptors (Lipinski definition) is 2. The van der Waals surface area contributed by atoms with E-state index in [2.05, 4.69) is 12.2 Å². The normalized spacial score (nSPS) is 17.2. The first kappa shape index (κ1) is 22.0. The molecule has 4 nitrogen and oxygen atoms in total. The summed E-state index contributed by atoms with van der Waals surface area (Å²) >= 11 is 0. The molecule has 126 valence electrons. The van der Waals surface area contributed by atoms with Crippen LogP contribution < -0.4 is 52.5 Å². The van der Waals surface area contributed by atoms with Crippen molar-refractivity contribution in [3.05, 3.63) is 30.1 Å². The van der Waals surface area contributed by atoms with Crippen LogP contribution in [0.15, 0.2) is 29.7 Å². The predicted octanol–water partition coefficient (Wildman–Crippen LogP) is -4.11. The molecule has 2 rings (SSSR count). The van der Waals surface area contributed by atoms with Crippen molar-refractivity contribution < 1.29 is 61.8 Å². The van der Waals surface area contributed by atoms with Crippen LogP contribution in [0.1, 0.15) is 31.2 Å². The first-order valence-electron chi connectivity index (χ1n) is 7.62. The summed E-state index contributed by atoms with van der Waals surface area (Å²) in [6.07, 6.45) is 11.3. The Kier molecular flexibility index (Phi) is 11.6. The van der Waals surface area contributed by atoms with Crippen LogP contribution in [0.5, 0.6) is 0 Å². The Labute approximate surface area is 168 Å².